The van der Waals surface area contributed by atoms with Crippen LogP contribution in [0.3, 0.4) is 0 Å². The molecule has 2 aliphatic heterocycles. The molecule has 2 aromatic rings. The summed E-state index contributed by atoms with van der Waals surface area (Å²) in [4.78, 5) is 30.1. The van der Waals surface area contributed by atoms with E-state index in [0.717, 1.165) is 18.5 Å². The highest BCUT2D eigenvalue weighted by molar-refractivity contribution is 7.13. The lowest BCUT2D eigenvalue weighted by Gasteiger charge is -2.20. The number of anilines is 2. The van der Waals surface area contributed by atoms with Gasteiger partial charge in [-0.25, -0.2) is 4.98 Å². The van der Waals surface area contributed by atoms with Gasteiger partial charge in [-0.1, -0.05) is 31.5 Å². The molecule has 3 heterocycles. The first-order valence-electron chi connectivity index (χ1n) is 10.3. The molecule has 7 nitrogen and oxygen atoms in total. The van der Waals surface area contributed by atoms with Crippen molar-refractivity contribution in [2.75, 3.05) is 18.5 Å². The molecule has 160 valence electrons. The van der Waals surface area contributed by atoms with Gasteiger partial charge in [-0.2, -0.15) is 0 Å². The minimum absolute atomic E-state index is 0.220. The summed E-state index contributed by atoms with van der Waals surface area (Å²) in [6.07, 6.45) is 2.07. The van der Waals surface area contributed by atoms with Crippen molar-refractivity contribution in [3.05, 3.63) is 41.4 Å². The van der Waals surface area contributed by atoms with Gasteiger partial charge in [0.25, 0.3) is 0 Å². The second kappa shape index (κ2) is 8.35. The monoisotopic (exact) mass is 430 g/mol. The van der Waals surface area contributed by atoms with Gasteiger partial charge in [0.05, 0.1) is 12.3 Å². The molecule has 0 unspecified atom stereocenters. The highest BCUT2D eigenvalue weighted by Crippen LogP contribution is 2.52. The van der Waals surface area contributed by atoms with Crippen molar-refractivity contribution < 1.29 is 23.8 Å². The predicted octanol–water partition coefficient (Wildman–Crippen LogP) is 4.17. The van der Waals surface area contributed by atoms with E-state index in [1.165, 1.54) is 11.3 Å². The topological polar surface area (TPSA) is 86.8 Å². The number of aromatic nitrogens is 1. The van der Waals surface area contributed by atoms with Crippen molar-refractivity contribution in [3.8, 4) is 0 Å². The molecular weight excluding hydrogens is 404 g/mol. The molecular formula is C22H26N2O5S. The minimum Gasteiger partial charge on any atom is -0.459 e. The summed E-state index contributed by atoms with van der Waals surface area (Å²) in [6.45, 7) is 4.82. The fraction of sp³-hybridized carbons (Fsp3) is 0.500. The van der Waals surface area contributed by atoms with Crippen LogP contribution >= 0.6 is 11.3 Å². The zero-order valence-corrected chi connectivity index (χ0v) is 18.0. The number of hydrogen-bond donors (Lipinski definition) is 1. The molecule has 8 heteroatoms. The lowest BCUT2D eigenvalue weighted by molar-refractivity contribution is -0.160. The van der Waals surface area contributed by atoms with E-state index in [1.54, 1.807) is 6.92 Å². The maximum atomic E-state index is 12.8. The van der Waals surface area contributed by atoms with Crippen LogP contribution in [0.1, 0.15) is 45.2 Å². The smallest absolute Gasteiger partial charge is 0.324 e. The van der Waals surface area contributed by atoms with E-state index >= 15 is 0 Å². The summed E-state index contributed by atoms with van der Waals surface area (Å²) in [5, 5.41) is 5.81. The van der Waals surface area contributed by atoms with Gasteiger partial charge in [-0.05, 0) is 25.5 Å². The number of benzene rings is 1. The summed E-state index contributed by atoms with van der Waals surface area (Å²) >= 11 is 1.43. The van der Waals surface area contributed by atoms with Crippen LogP contribution in [0, 0.1) is 5.41 Å². The molecule has 4 rings (SSSR count). The normalized spacial score (nSPS) is 28.0. The summed E-state index contributed by atoms with van der Waals surface area (Å²) in [5.41, 5.74) is -0.689. The molecule has 30 heavy (non-hydrogen) atoms. The number of ether oxygens (including phenoxy) is 3. The Morgan fingerprint density at radius 3 is 2.83 bits per heavy atom. The molecule has 0 bridgehead atoms. The minimum atomic E-state index is -1.27. The molecule has 1 aromatic heterocycles. The Labute approximate surface area is 179 Å². The van der Waals surface area contributed by atoms with Gasteiger partial charge < -0.3 is 19.5 Å². The van der Waals surface area contributed by atoms with E-state index in [4.69, 9.17) is 14.2 Å². The maximum Gasteiger partial charge on any atom is 0.324 e. The van der Waals surface area contributed by atoms with Crippen LogP contribution in [0.4, 0.5) is 10.8 Å². The summed E-state index contributed by atoms with van der Waals surface area (Å²) in [7, 11) is 0. The molecule has 0 saturated carbocycles. The first kappa shape index (κ1) is 20.8. The number of rotatable bonds is 8. The number of nitrogens with one attached hydrogen (secondary N) is 1. The number of hydrogen-bond acceptors (Lipinski definition) is 8. The molecule has 2 fully saturated rings. The van der Waals surface area contributed by atoms with Crippen LogP contribution in [0.2, 0.25) is 0 Å². The third kappa shape index (κ3) is 3.94. The van der Waals surface area contributed by atoms with Crippen LogP contribution in [0.15, 0.2) is 35.7 Å². The Morgan fingerprint density at radius 1 is 1.27 bits per heavy atom. The summed E-state index contributed by atoms with van der Waals surface area (Å²) in [5.74, 6) is -1.05. The van der Waals surface area contributed by atoms with Crippen molar-refractivity contribution in [1.82, 2.24) is 4.98 Å². The molecule has 0 amide bonds. The summed E-state index contributed by atoms with van der Waals surface area (Å²) in [6, 6.07) is 9.72. The first-order chi connectivity index (χ1) is 14.4. The number of nitrogens with zero attached hydrogens (tertiary/aromatic N) is 1. The average molecular weight is 431 g/mol. The second-order valence-corrected chi connectivity index (χ2v) is 8.93. The Morgan fingerprint density at radius 2 is 2.07 bits per heavy atom. The number of carbonyl (C=O) groups excluding carboxylic acids is 2. The van der Waals surface area contributed by atoms with Crippen molar-refractivity contribution in [2.24, 2.45) is 5.41 Å². The third-order valence-electron chi connectivity index (χ3n) is 5.61. The molecule has 1 spiro atoms. The number of unbranched alkanes of at least 4 members (excludes halogenated alkanes) is 1. The van der Waals surface area contributed by atoms with E-state index in [0.29, 0.717) is 24.0 Å². The molecule has 3 atom stereocenters. The number of carbonyl (C=O) groups is 2. The molecule has 0 aliphatic carbocycles. The fourth-order valence-corrected chi connectivity index (χ4v) is 4.84. The SMILES string of the molecule is CCCCOC[C@H]1C[C@@]2(C[C@@](C)(c3csc(Nc4ccccc4)n3)OC2=O)C(=O)O1. The quantitative estimate of drug-likeness (QED) is 0.382. The number of para-hydroxylation sites is 1. The zero-order chi connectivity index (χ0) is 21.2. The predicted molar refractivity (Wildman–Crippen MR) is 113 cm³/mol. The molecule has 0 radical (unpaired) electrons. The fourth-order valence-electron chi connectivity index (χ4n) is 3.99. The van der Waals surface area contributed by atoms with Crippen LogP contribution in [0.5, 0.6) is 0 Å². The number of thiazole rings is 1. The van der Waals surface area contributed by atoms with Gasteiger partial charge in [0.1, 0.15) is 6.10 Å². The Balaban J connectivity index is 1.45. The van der Waals surface area contributed by atoms with E-state index in [9.17, 15) is 9.59 Å². The zero-order valence-electron chi connectivity index (χ0n) is 17.2. The van der Waals surface area contributed by atoms with E-state index in [-0.39, 0.29) is 12.8 Å². The Hall–Kier alpha value is -2.45. The third-order valence-corrected chi connectivity index (χ3v) is 6.36. The Bertz CT molecular complexity index is 917. The van der Waals surface area contributed by atoms with Gasteiger partial charge in [-0.3, -0.25) is 9.59 Å². The molecule has 2 aliphatic rings. The molecule has 1 aromatic carbocycles. The first-order valence-corrected chi connectivity index (χ1v) is 11.1. The molecule has 1 N–H and O–H groups in total. The molecule has 2 saturated heterocycles. The average Bonchev–Trinajstić information content (AvgIpc) is 3.38. The van der Waals surface area contributed by atoms with Crippen molar-refractivity contribution in [2.45, 2.75) is 51.2 Å². The summed E-state index contributed by atoms with van der Waals surface area (Å²) < 4.78 is 16.8. The Kier molecular flexibility index (Phi) is 5.79. The van der Waals surface area contributed by atoms with Crippen molar-refractivity contribution in [3.63, 3.8) is 0 Å². The largest absolute Gasteiger partial charge is 0.459 e. The van der Waals surface area contributed by atoms with E-state index in [1.807, 2.05) is 35.7 Å². The van der Waals surface area contributed by atoms with Crippen LogP contribution in [-0.4, -0.2) is 36.2 Å². The number of esters is 2. The van der Waals surface area contributed by atoms with Crippen LogP contribution in [0.25, 0.3) is 0 Å². The van der Waals surface area contributed by atoms with Gasteiger partial charge in [0.15, 0.2) is 16.1 Å². The van der Waals surface area contributed by atoms with E-state index in [2.05, 4.69) is 17.2 Å². The van der Waals surface area contributed by atoms with Gasteiger partial charge in [-0.15, -0.1) is 11.3 Å². The van der Waals surface area contributed by atoms with Crippen LogP contribution < -0.4 is 5.32 Å². The van der Waals surface area contributed by atoms with Crippen molar-refractivity contribution in [1.29, 1.82) is 0 Å². The van der Waals surface area contributed by atoms with Gasteiger partial charge >= 0.3 is 11.9 Å². The maximum absolute atomic E-state index is 12.8. The van der Waals surface area contributed by atoms with Gasteiger partial charge in [0, 0.05) is 30.5 Å². The van der Waals surface area contributed by atoms with Crippen LogP contribution in [-0.2, 0) is 29.4 Å². The van der Waals surface area contributed by atoms with Gasteiger partial charge in [0.2, 0.25) is 0 Å². The highest BCUT2D eigenvalue weighted by Gasteiger charge is 2.65. The number of cyclic esters (lactones) is 2. The second-order valence-electron chi connectivity index (χ2n) is 8.07. The standard InChI is InChI=1S/C22H26N2O5S/c1-3-4-10-27-12-16-11-22(18(25)28-16)14-21(2,29-19(22)26)17-13-30-20(24-17)23-15-8-6-5-7-9-15/h5-9,13,16H,3-4,10-12,14H2,1-2H3,(H,23,24)/t16-,21+,22-/m1/s1. The van der Waals surface area contributed by atoms with E-state index < -0.39 is 29.1 Å². The van der Waals surface area contributed by atoms with Crippen molar-refractivity contribution >= 4 is 34.1 Å². The lowest BCUT2D eigenvalue weighted by atomic mass is 9.78. The highest BCUT2D eigenvalue weighted by atomic mass is 32.1. The lowest BCUT2D eigenvalue weighted by Crippen LogP contribution is -2.32.